The SMILES string of the molecule is CCOc1ccc([C@H]2C(C(=O)OCCSCC)=C(C)NC3=C2C(=O)C[C@H](c2cccs2)C3)cc1. The van der Waals surface area contributed by atoms with Gasteiger partial charge in [-0.25, -0.2) is 4.79 Å². The number of esters is 1. The molecular formula is C27H31NO4S2. The van der Waals surface area contributed by atoms with Gasteiger partial charge in [-0.2, -0.15) is 11.8 Å². The number of hydrogen-bond acceptors (Lipinski definition) is 7. The molecule has 2 heterocycles. The van der Waals surface area contributed by atoms with Crippen LogP contribution in [-0.4, -0.2) is 36.5 Å². The highest BCUT2D eigenvalue weighted by molar-refractivity contribution is 7.99. The molecule has 0 saturated carbocycles. The van der Waals surface area contributed by atoms with Crippen molar-refractivity contribution in [1.82, 2.24) is 5.32 Å². The minimum absolute atomic E-state index is 0.0883. The third-order valence-corrected chi connectivity index (χ3v) is 8.08. The average Bonchev–Trinajstić information content (AvgIpc) is 3.37. The Labute approximate surface area is 209 Å². The van der Waals surface area contributed by atoms with Crippen LogP contribution < -0.4 is 10.1 Å². The van der Waals surface area contributed by atoms with E-state index in [0.29, 0.717) is 30.8 Å². The monoisotopic (exact) mass is 497 g/mol. The van der Waals surface area contributed by atoms with Crippen molar-refractivity contribution in [3.8, 4) is 5.75 Å². The van der Waals surface area contributed by atoms with Gasteiger partial charge in [-0.05, 0) is 55.2 Å². The number of carbonyl (C=O) groups is 2. The first kappa shape index (κ1) is 24.6. The molecule has 0 bridgehead atoms. The molecule has 0 fully saturated rings. The van der Waals surface area contributed by atoms with Crippen molar-refractivity contribution in [2.75, 3.05) is 24.7 Å². The predicted molar refractivity (Wildman–Crippen MR) is 138 cm³/mol. The first-order valence-corrected chi connectivity index (χ1v) is 13.8. The van der Waals surface area contributed by atoms with E-state index in [0.717, 1.165) is 40.6 Å². The largest absolute Gasteiger partial charge is 0.494 e. The maximum absolute atomic E-state index is 13.6. The van der Waals surface area contributed by atoms with Crippen LogP contribution in [-0.2, 0) is 14.3 Å². The van der Waals surface area contributed by atoms with Crippen molar-refractivity contribution in [2.45, 2.75) is 45.4 Å². The second-order valence-corrected chi connectivity index (χ2v) is 10.7. The molecule has 0 radical (unpaired) electrons. The minimum Gasteiger partial charge on any atom is -0.494 e. The molecule has 7 heteroatoms. The molecule has 1 aliphatic heterocycles. The Bertz CT molecular complexity index is 1090. The van der Waals surface area contributed by atoms with Crippen LogP contribution in [0.15, 0.2) is 64.3 Å². The highest BCUT2D eigenvalue weighted by Crippen LogP contribution is 2.46. The molecule has 0 amide bonds. The summed E-state index contributed by atoms with van der Waals surface area (Å²) in [6.45, 7) is 6.86. The fourth-order valence-corrected chi connectivity index (χ4v) is 6.03. The number of ketones is 1. The van der Waals surface area contributed by atoms with Crippen molar-refractivity contribution in [1.29, 1.82) is 0 Å². The van der Waals surface area contributed by atoms with E-state index in [1.54, 1.807) is 23.1 Å². The van der Waals surface area contributed by atoms with Crippen molar-refractivity contribution >= 4 is 34.9 Å². The summed E-state index contributed by atoms with van der Waals surface area (Å²) < 4.78 is 11.3. The van der Waals surface area contributed by atoms with Gasteiger partial charge < -0.3 is 14.8 Å². The maximum Gasteiger partial charge on any atom is 0.336 e. The van der Waals surface area contributed by atoms with Crippen molar-refractivity contribution in [3.63, 3.8) is 0 Å². The van der Waals surface area contributed by atoms with Gasteiger partial charge in [0.05, 0.1) is 12.2 Å². The van der Waals surface area contributed by atoms with Crippen LogP contribution in [0.1, 0.15) is 55.9 Å². The van der Waals surface area contributed by atoms with Crippen LogP contribution in [0, 0.1) is 0 Å². The highest BCUT2D eigenvalue weighted by atomic mass is 32.2. The van der Waals surface area contributed by atoms with Crippen LogP contribution in [0.25, 0.3) is 0 Å². The third-order valence-electron chi connectivity index (χ3n) is 6.18. The van der Waals surface area contributed by atoms with Gasteiger partial charge in [0.15, 0.2) is 5.78 Å². The zero-order chi connectivity index (χ0) is 24.1. The van der Waals surface area contributed by atoms with Crippen LogP contribution in [0.4, 0.5) is 0 Å². The Morgan fingerprint density at radius 2 is 1.97 bits per heavy atom. The Balaban J connectivity index is 1.70. The Kier molecular flexibility index (Phi) is 8.16. The molecule has 0 unspecified atom stereocenters. The molecule has 1 aliphatic carbocycles. The summed E-state index contributed by atoms with van der Waals surface area (Å²) in [5, 5.41) is 5.47. The van der Waals surface area contributed by atoms with Crippen molar-refractivity contribution in [3.05, 3.63) is 74.8 Å². The number of benzene rings is 1. The molecule has 2 aromatic rings. The Hall–Kier alpha value is -2.51. The summed E-state index contributed by atoms with van der Waals surface area (Å²) in [5.74, 6) is 1.94. The Morgan fingerprint density at radius 1 is 1.18 bits per heavy atom. The van der Waals surface area contributed by atoms with Crippen LogP contribution in [0.3, 0.4) is 0 Å². The minimum atomic E-state index is -0.449. The standard InChI is InChI=1S/C27H31NO4S2/c1-4-31-20-10-8-18(9-11-20)25-24(27(30)32-12-14-33-5-2)17(3)28-21-15-19(16-22(29)26(21)25)23-7-6-13-34-23/h6-11,13,19,25,28H,4-5,12,14-16H2,1-3H3/t19-,25+/m1/s1. The van der Waals surface area contributed by atoms with E-state index in [1.165, 1.54) is 4.88 Å². The molecule has 1 aromatic carbocycles. The Morgan fingerprint density at radius 3 is 2.65 bits per heavy atom. The summed E-state index contributed by atoms with van der Waals surface area (Å²) in [7, 11) is 0. The number of allylic oxidation sites excluding steroid dienone is 3. The van der Waals surface area contributed by atoms with E-state index in [2.05, 4.69) is 23.7 Å². The topological polar surface area (TPSA) is 64.6 Å². The molecule has 0 saturated heterocycles. The quantitative estimate of drug-likeness (QED) is 0.349. The van der Waals surface area contributed by atoms with Crippen LogP contribution in [0.2, 0.25) is 0 Å². The summed E-state index contributed by atoms with van der Waals surface area (Å²) in [6, 6.07) is 11.8. The summed E-state index contributed by atoms with van der Waals surface area (Å²) >= 11 is 3.42. The molecule has 4 rings (SSSR count). The number of rotatable bonds is 9. The number of hydrogen-bond donors (Lipinski definition) is 1. The molecule has 2 atom stereocenters. The lowest BCUT2D eigenvalue weighted by Crippen LogP contribution is -2.36. The molecular weight excluding hydrogens is 466 g/mol. The van der Waals surface area contributed by atoms with Crippen molar-refractivity contribution in [2.24, 2.45) is 0 Å². The van der Waals surface area contributed by atoms with Crippen LogP contribution >= 0.6 is 23.1 Å². The van der Waals surface area contributed by atoms with Crippen molar-refractivity contribution < 1.29 is 19.1 Å². The molecule has 1 N–H and O–H groups in total. The fraction of sp³-hybridized carbons (Fsp3) is 0.407. The molecule has 34 heavy (non-hydrogen) atoms. The molecule has 180 valence electrons. The number of thiophene rings is 1. The maximum atomic E-state index is 13.6. The predicted octanol–water partition coefficient (Wildman–Crippen LogP) is 5.80. The second-order valence-electron chi connectivity index (χ2n) is 8.37. The van der Waals surface area contributed by atoms with Gasteiger partial charge in [0.2, 0.25) is 0 Å². The zero-order valence-corrected chi connectivity index (χ0v) is 21.5. The lowest BCUT2D eigenvalue weighted by molar-refractivity contribution is -0.138. The molecule has 2 aliphatic rings. The number of carbonyl (C=O) groups excluding carboxylic acids is 2. The van der Waals surface area contributed by atoms with E-state index >= 15 is 0 Å². The normalized spacial score (nSPS) is 20.1. The number of ether oxygens (including phenoxy) is 2. The first-order chi connectivity index (χ1) is 16.5. The van der Waals surface area contributed by atoms with E-state index in [9.17, 15) is 9.59 Å². The van der Waals surface area contributed by atoms with E-state index in [-0.39, 0.29) is 17.7 Å². The van der Waals surface area contributed by atoms with Gasteiger partial charge in [-0.1, -0.05) is 25.1 Å². The number of thioether (sulfide) groups is 1. The zero-order valence-electron chi connectivity index (χ0n) is 19.9. The van der Waals surface area contributed by atoms with Gasteiger partial charge >= 0.3 is 5.97 Å². The highest BCUT2D eigenvalue weighted by Gasteiger charge is 2.41. The van der Waals surface area contributed by atoms with Gasteiger partial charge in [-0.3, -0.25) is 4.79 Å². The van der Waals surface area contributed by atoms with Gasteiger partial charge in [0, 0.05) is 45.9 Å². The smallest absolute Gasteiger partial charge is 0.336 e. The number of dihydropyridines is 1. The molecule has 5 nitrogen and oxygen atoms in total. The van der Waals surface area contributed by atoms with Crippen LogP contribution in [0.5, 0.6) is 5.75 Å². The summed E-state index contributed by atoms with van der Waals surface area (Å²) in [5.41, 5.74) is 3.79. The van der Waals surface area contributed by atoms with Gasteiger partial charge in [-0.15, -0.1) is 11.3 Å². The third kappa shape index (κ3) is 5.26. The average molecular weight is 498 g/mol. The lowest BCUT2D eigenvalue weighted by Gasteiger charge is -2.36. The first-order valence-electron chi connectivity index (χ1n) is 11.8. The fourth-order valence-electron chi connectivity index (χ4n) is 4.71. The molecule has 0 spiro atoms. The van der Waals surface area contributed by atoms with E-state index in [4.69, 9.17) is 9.47 Å². The van der Waals surface area contributed by atoms with E-state index in [1.807, 2.05) is 44.2 Å². The second kappa shape index (κ2) is 11.3. The van der Waals surface area contributed by atoms with E-state index < -0.39 is 5.92 Å². The molecule has 1 aromatic heterocycles. The summed E-state index contributed by atoms with van der Waals surface area (Å²) in [4.78, 5) is 28.1. The lowest BCUT2D eigenvalue weighted by atomic mass is 9.72. The van der Waals surface area contributed by atoms with Gasteiger partial charge in [0.1, 0.15) is 12.4 Å². The van der Waals surface area contributed by atoms with Gasteiger partial charge in [0.25, 0.3) is 0 Å². The number of Topliss-reactive ketones (excluding diaryl/α,β-unsaturated/α-hetero) is 1. The summed E-state index contributed by atoms with van der Waals surface area (Å²) in [6.07, 6.45) is 1.20. The number of nitrogens with one attached hydrogen (secondary N) is 1.